The van der Waals surface area contributed by atoms with Gasteiger partial charge in [-0.25, -0.2) is 9.59 Å². The second-order valence-corrected chi connectivity index (χ2v) is 16.8. The van der Waals surface area contributed by atoms with E-state index in [-0.39, 0.29) is 23.7 Å². The van der Waals surface area contributed by atoms with Crippen molar-refractivity contribution in [3.63, 3.8) is 0 Å². The average molecular weight is 673 g/mol. The van der Waals surface area contributed by atoms with Crippen molar-refractivity contribution in [3.05, 3.63) is 58.7 Å². The summed E-state index contributed by atoms with van der Waals surface area (Å²) in [5.74, 6) is -1.39. The van der Waals surface area contributed by atoms with E-state index in [1.54, 1.807) is 53.7 Å². The Morgan fingerprint density at radius 2 is 0.957 bits per heavy atom. The van der Waals surface area contributed by atoms with Crippen molar-refractivity contribution in [3.8, 4) is 0 Å². The lowest BCUT2D eigenvalue weighted by Crippen LogP contribution is -2.45. The van der Waals surface area contributed by atoms with E-state index in [0.717, 1.165) is 11.1 Å². The van der Waals surface area contributed by atoms with Crippen LogP contribution in [0.1, 0.15) is 114 Å². The molecule has 254 valence electrons. The molecule has 0 saturated heterocycles. The number of benzene rings is 2. The van der Waals surface area contributed by atoms with Crippen molar-refractivity contribution in [2.75, 3.05) is 0 Å². The van der Waals surface area contributed by atoms with Gasteiger partial charge in [-0.3, -0.25) is 9.59 Å². The van der Waals surface area contributed by atoms with Crippen LogP contribution in [0.4, 0.5) is 0 Å². The van der Waals surface area contributed by atoms with E-state index < -0.39 is 35.2 Å². The van der Waals surface area contributed by atoms with Crippen LogP contribution in [-0.4, -0.2) is 47.0 Å². The number of carbonyl (C=O) groups excluding carboxylic acids is 4. The SMILES string of the molecule is Cc1ccc(C(=O)N[C@@H](CC(C)C)C(=O)OC(C)(C)C)c(SSc2cc(C)ccc2C(=O)N[C@@H](CC(C)C)C(=O)OC(C)(C)C)c1. The first-order valence-corrected chi connectivity index (χ1v) is 17.9. The molecule has 0 radical (unpaired) electrons. The number of carbonyl (C=O) groups is 4. The molecule has 0 aliphatic rings. The van der Waals surface area contributed by atoms with Crippen LogP contribution in [0.2, 0.25) is 0 Å². The normalized spacial score (nSPS) is 13.3. The quantitative estimate of drug-likeness (QED) is 0.162. The molecule has 2 atom stereocenters. The van der Waals surface area contributed by atoms with Gasteiger partial charge in [-0.15, -0.1) is 0 Å². The molecule has 0 aliphatic heterocycles. The van der Waals surface area contributed by atoms with Gasteiger partial charge in [-0.2, -0.15) is 0 Å². The summed E-state index contributed by atoms with van der Waals surface area (Å²) >= 11 is 0. The fourth-order valence-electron chi connectivity index (χ4n) is 4.45. The van der Waals surface area contributed by atoms with Gasteiger partial charge in [-0.1, -0.05) is 61.4 Å². The standard InChI is InChI=1S/C36H52N2O6S2/c1-21(2)17-27(33(41)43-35(7,8)9)37-31(39)25-15-13-23(5)19-29(25)45-46-30-20-24(6)14-16-26(30)32(40)38-28(18-22(3)4)34(42)44-36(10,11)12/h13-16,19-22,27-28H,17-18H2,1-12H3,(H,37,39)(H,38,40)/t27-,28-/m0/s1. The third-order valence-electron chi connectivity index (χ3n) is 6.39. The molecule has 2 aromatic carbocycles. The van der Waals surface area contributed by atoms with E-state index in [2.05, 4.69) is 10.6 Å². The summed E-state index contributed by atoms with van der Waals surface area (Å²) in [5.41, 5.74) is 1.39. The Kier molecular flexibility index (Phi) is 14.3. The van der Waals surface area contributed by atoms with E-state index in [0.29, 0.717) is 33.8 Å². The van der Waals surface area contributed by atoms with Gasteiger partial charge in [0.05, 0.1) is 11.1 Å². The van der Waals surface area contributed by atoms with Gasteiger partial charge in [0.2, 0.25) is 0 Å². The predicted octanol–water partition coefficient (Wildman–Crippen LogP) is 8.08. The number of nitrogens with one attached hydrogen (secondary N) is 2. The molecule has 2 amide bonds. The minimum Gasteiger partial charge on any atom is -0.458 e. The second kappa shape index (κ2) is 16.7. The lowest BCUT2D eigenvalue weighted by Gasteiger charge is -2.26. The fraction of sp³-hybridized carbons (Fsp3) is 0.556. The van der Waals surface area contributed by atoms with Crippen molar-refractivity contribution >= 4 is 45.3 Å². The number of aryl methyl sites for hydroxylation is 2. The summed E-state index contributed by atoms with van der Waals surface area (Å²) in [6, 6.07) is 9.43. The molecular formula is C36H52N2O6S2. The molecule has 0 aliphatic carbocycles. The van der Waals surface area contributed by atoms with Gasteiger partial charge in [0.1, 0.15) is 23.3 Å². The Labute approximate surface area is 283 Å². The zero-order chi connectivity index (χ0) is 35.0. The number of amides is 2. The van der Waals surface area contributed by atoms with Crippen LogP contribution in [0.15, 0.2) is 46.2 Å². The van der Waals surface area contributed by atoms with Crippen molar-refractivity contribution in [1.29, 1.82) is 0 Å². The molecule has 2 N–H and O–H groups in total. The Morgan fingerprint density at radius 3 is 1.24 bits per heavy atom. The van der Waals surface area contributed by atoms with E-state index in [4.69, 9.17) is 9.47 Å². The van der Waals surface area contributed by atoms with Crippen LogP contribution in [0.5, 0.6) is 0 Å². The lowest BCUT2D eigenvalue weighted by atomic mass is 10.0. The van der Waals surface area contributed by atoms with Gasteiger partial charge in [0, 0.05) is 9.79 Å². The maximum absolute atomic E-state index is 13.6. The number of hydrogen-bond acceptors (Lipinski definition) is 8. The van der Waals surface area contributed by atoms with Crippen LogP contribution >= 0.6 is 21.6 Å². The molecule has 2 aromatic rings. The largest absolute Gasteiger partial charge is 0.458 e. The third kappa shape index (κ3) is 13.4. The molecule has 0 unspecified atom stereocenters. The average Bonchev–Trinajstić information content (AvgIpc) is 2.88. The molecule has 0 heterocycles. The van der Waals surface area contributed by atoms with Gasteiger partial charge < -0.3 is 20.1 Å². The molecule has 46 heavy (non-hydrogen) atoms. The van der Waals surface area contributed by atoms with Crippen LogP contribution in [0.25, 0.3) is 0 Å². The topological polar surface area (TPSA) is 111 Å². The Morgan fingerprint density at radius 1 is 0.630 bits per heavy atom. The smallest absolute Gasteiger partial charge is 0.329 e. The molecule has 0 aromatic heterocycles. The number of ether oxygens (including phenoxy) is 2. The Hall–Kier alpha value is -2.98. The second-order valence-electron chi connectivity index (χ2n) is 14.5. The van der Waals surface area contributed by atoms with Gasteiger partial charge in [-0.05, 0) is 115 Å². The highest BCUT2D eigenvalue weighted by atomic mass is 33.1. The van der Waals surface area contributed by atoms with E-state index in [1.807, 2.05) is 65.8 Å². The highest BCUT2D eigenvalue weighted by Crippen LogP contribution is 2.41. The zero-order valence-electron chi connectivity index (χ0n) is 29.5. The maximum atomic E-state index is 13.6. The van der Waals surface area contributed by atoms with Crippen LogP contribution in [-0.2, 0) is 19.1 Å². The molecule has 0 spiro atoms. The molecule has 8 nitrogen and oxygen atoms in total. The van der Waals surface area contributed by atoms with Crippen molar-refractivity contribution in [2.45, 2.75) is 129 Å². The predicted molar refractivity (Wildman–Crippen MR) is 187 cm³/mol. The monoisotopic (exact) mass is 672 g/mol. The molecule has 2 rings (SSSR count). The first-order chi connectivity index (χ1) is 21.1. The van der Waals surface area contributed by atoms with E-state index in [1.165, 1.54) is 21.6 Å². The Balaban J connectivity index is 2.34. The fourth-order valence-corrected chi connectivity index (χ4v) is 6.97. The van der Waals surface area contributed by atoms with Crippen LogP contribution in [0, 0.1) is 25.7 Å². The summed E-state index contributed by atoms with van der Waals surface area (Å²) in [6.45, 7) is 22.6. The molecular weight excluding hydrogens is 621 g/mol. The molecule has 10 heteroatoms. The van der Waals surface area contributed by atoms with Gasteiger partial charge in [0.15, 0.2) is 0 Å². The maximum Gasteiger partial charge on any atom is 0.329 e. The Bertz CT molecular complexity index is 1290. The van der Waals surface area contributed by atoms with Crippen LogP contribution < -0.4 is 10.6 Å². The first-order valence-electron chi connectivity index (χ1n) is 15.8. The van der Waals surface area contributed by atoms with Crippen molar-refractivity contribution < 1.29 is 28.7 Å². The van der Waals surface area contributed by atoms with Gasteiger partial charge in [0.25, 0.3) is 11.8 Å². The zero-order valence-corrected chi connectivity index (χ0v) is 31.1. The minimum atomic E-state index is -0.797. The molecule has 0 bridgehead atoms. The summed E-state index contributed by atoms with van der Waals surface area (Å²) in [7, 11) is 2.71. The minimum absolute atomic E-state index is 0.154. The number of rotatable bonds is 13. The van der Waals surface area contributed by atoms with Gasteiger partial charge >= 0.3 is 11.9 Å². The summed E-state index contributed by atoms with van der Waals surface area (Å²) in [6.07, 6.45) is 0.874. The van der Waals surface area contributed by atoms with Crippen LogP contribution in [0.3, 0.4) is 0 Å². The van der Waals surface area contributed by atoms with Crippen molar-refractivity contribution in [1.82, 2.24) is 10.6 Å². The summed E-state index contributed by atoms with van der Waals surface area (Å²) in [4.78, 5) is 54.5. The first kappa shape index (κ1) is 39.2. The highest BCUT2D eigenvalue weighted by molar-refractivity contribution is 8.76. The summed E-state index contributed by atoms with van der Waals surface area (Å²) < 4.78 is 11.2. The van der Waals surface area contributed by atoms with E-state index in [9.17, 15) is 19.2 Å². The van der Waals surface area contributed by atoms with Crippen molar-refractivity contribution in [2.24, 2.45) is 11.8 Å². The lowest BCUT2D eigenvalue weighted by molar-refractivity contribution is -0.158. The number of hydrogen-bond donors (Lipinski definition) is 2. The van der Waals surface area contributed by atoms with E-state index >= 15 is 0 Å². The third-order valence-corrected chi connectivity index (χ3v) is 8.84. The molecule has 0 fully saturated rings. The summed E-state index contributed by atoms with van der Waals surface area (Å²) in [5, 5.41) is 5.81. The number of esters is 2. The highest BCUT2D eigenvalue weighted by Gasteiger charge is 2.30. The molecule has 0 saturated carbocycles.